The number of ether oxygens (including phenoxy) is 1. The predicted molar refractivity (Wildman–Crippen MR) is 81.5 cm³/mol. The number of aryl methyl sites for hydroxylation is 1. The average molecular weight is 278 g/mol. The highest BCUT2D eigenvalue weighted by molar-refractivity contribution is 5.81. The lowest BCUT2D eigenvalue weighted by atomic mass is 10.1. The number of nitrogens with zero attached hydrogens (tertiary/aromatic N) is 4. The van der Waals surface area contributed by atoms with Crippen LogP contribution in [0, 0.1) is 0 Å². The van der Waals surface area contributed by atoms with Crippen molar-refractivity contribution in [3.63, 3.8) is 0 Å². The Balaban J connectivity index is 1.91. The highest BCUT2D eigenvalue weighted by Gasteiger charge is 2.09. The smallest absolute Gasteiger partial charge is 0.180 e. The van der Waals surface area contributed by atoms with E-state index in [2.05, 4.69) is 28.2 Å². The van der Waals surface area contributed by atoms with Crippen molar-refractivity contribution in [1.29, 1.82) is 0 Å². The number of methoxy groups -OCH3 is 1. The molecule has 5 nitrogen and oxygen atoms in total. The number of benzene rings is 1. The van der Waals surface area contributed by atoms with Gasteiger partial charge in [-0.1, -0.05) is 6.07 Å². The first kappa shape index (κ1) is 12.0. The van der Waals surface area contributed by atoms with Crippen LogP contribution in [0.4, 0.5) is 0 Å². The molecule has 0 fully saturated rings. The van der Waals surface area contributed by atoms with E-state index in [1.54, 1.807) is 7.11 Å². The van der Waals surface area contributed by atoms with Gasteiger partial charge < -0.3 is 13.7 Å². The van der Waals surface area contributed by atoms with Gasteiger partial charge in [-0.05, 0) is 24.3 Å². The molecule has 21 heavy (non-hydrogen) atoms. The zero-order valence-corrected chi connectivity index (χ0v) is 11.8. The van der Waals surface area contributed by atoms with Crippen LogP contribution in [0.2, 0.25) is 0 Å². The molecule has 3 aromatic heterocycles. The van der Waals surface area contributed by atoms with Crippen molar-refractivity contribution in [2.45, 2.75) is 0 Å². The fourth-order valence-electron chi connectivity index (χ4n) is 2.58. The summed E-state index contributed by atoms with van der Waals surface area (Å²) in [5.41, 5.74) is 4.86. The van der Waals surface area contributed by atoms with Crippen LogP contribution in [0.5, 0.6) is 5.75 Å². The molecule has 0 unspecified atom stereocenters. The van der Waals surface area contributed by atoms with Crippen molar-refractivity contribution >= 4 is 16.7 Å². The van der Waals surface area contributed by atoms with Crippen molar-refractivity contribution in [1.82, 2.24) is 18.9 Å². The normalized spacial score (nSPS) is 11.3. The molecular weight excluding hydrogens is 264 g/mol. The van der Waals surface area contributed by atoms with Gasteiger partial charge in [0.1, 0.15) is 0 Å². The zero-order chi connectivity index (χ0) is 14.4. The molecule has 0 amide bonds. The van der Waals surface area contributed by atoms with E-state index in [4.69, 9.17) is 4.74 Å². The largest absolute Gasteiger partial charge is 0.493 e. The van der Waals surface area contributed by atoms with Crippen molar-refractivity contribution in [2.24, 2.45) is 7.05 Å². The molecule has 0 radical (unpaired) electrons. The molecule has 0 aliphatic heterocycles. The van der Waals surface area contributed by atoms with E-state index < -0.39 is 0 Å². The monoisotopic (exact) mass is 278 g/mol. The molecule has 0 atom stereocenters. The van der Waals surface area contributed by atoms with Crippen LogP contribution in [0.3, 0.4) is 0 Å². The minimum Gasteiger partial charge on any atom is -0.493 e. The summed E-state index contributed by atoms with van der Waals surface area (Å²) in [4.78, 5) is 9.07. The van der Waals surface area contributed by atoms with Gasteiger partial charge in [0.2, 0.25) is 0 Å². The highest BCUT2D eigenvalue weighted by Crippen LogP contribution is 2.26. The second-order valence-corrected chi connectivity index (χ2v) is 4.99. The summed E-state index contributed by atoms with van der Waals surface area (Å²) in [7, 11) is 3.65. The number of pyridine rings is 1. The Labute approximate surface area is 121 Å². The Hall–Kier alpha value is -2.82. The van der Waals surface area contributed by atoms with Crippen molar-refractivity contribution in [2.75, 3.05) is 7.11 Å². The Morgan fingerprint density at radius 1 is 1.19 bits per heavy atom. The molecule has 4 rings (SSSR count). The molecule has 0 bridgehead atoms. The van der Waals surface area contributed by atoms with Gasteiger partial charge in [0.25, 0.3) is 0 Å². The molecule has 5 heteroatoms. The summed E-state index contributed by atoms with van der Waals surface area (Å²) in [5, 5.41) is 0. The second-order valence-electron chi connectivity index (χ2n) is 4.99. The molecule has 4 aromatic rings. The maximum atomic E-state index is 5.35. The third kappa shape index (κ3) is 1.78. The summed E-state index contributed by atoms with van der Waals surface area (Å²) in [6, 6.07) is 10.0. The number of hydrogen-bond donors (Lipinski definition) is 0. The SMILES string of the molecule is COc1cccn2cc(-c3ccc4c(c3)ncn4C)nc12. The summed E-state index contributed by atoms with van der Waals surface area (Å²) in [6.45, 7) is 0. The molecule has 0 N–H and O–H groups in total. The average Bonchev–Trinajstić information content (AvgIpc) is 3.10. The third-order valence-corrected chi connectivity index (χ3v) is 3.69. The summed E-state index contributed by atoms with van der Waals surface area (Å²) >= 11 is 0. The lowest BCUT2D eigenvalue weighted by molar-refractivity contribution is 0.417. The van der Waals surface area contributed by atoms with Crippen LogP contribution in [-0.4, -0.2) is 26.0 Å². The molecule has 0 aliphatic carbocycles. The van der Waals surface area contributed by atoms with Crippen LogP contribution >= 0.6 is 0 Å². The molecule has 0 saturated carbocycles. The summed E-state index contributed by atoms with van der Waals surface area (Å²) in [5.74, 6) is 0.766. The minimum atomic E-state index is 0.766. The molecular formula is C16H14N4O. The Bertz CT molecular complexity index is 951. The second kappa shape index (κ2) is 4.34. The number of aromatic nitrogens is 4. The third-order valence-electron chi connectivity index (χ3n) is 3.69. The molecule has 3 heterocycles. The summed E-state index contributed by atoms with van der Waals surface area (Å²) in [6.07, 6.45) is 5.79. The van der Waals surface area contributed by atoms with Crippen LogP contribution in [-0.2, 0) is 7.05 Å². The maximum absolute atomic E-state index is 5.35. The van der Waals surface area contributed by atoms with Gasteiger partial charge in [0.05, 0.1) is 30.2 Å². The van der Waals surface area contributed by atoms with Gasteiger partial charge in [-0.2, -0.15) is 0 Å². The number of fused-ring (bicyclic) bond motifs is 2. The van der Waals surface area contributed by atoms with Crippen molar-refractivity contribution in [3.05, 3.63) is 49.1 Å². The lowest BCUT2D eigenvalue weighted by Gasteiger charge is -1.99. The van der Waals surface area contributed by atoms with Gasteiger partial charge in [0, 0.05) is 25.0 Å². The van der Waals surface area contributed by atoms with Crippen molar-refractivity contribution < 1.29 is 4.74 Å². The lowest BCUT2D eigenvalue weighted by Crippen LogP contribution is -1.88. The van der Waals surface area contributed by atoms with E-state index in [1.807, 2.05) is 46.9 Å². The topological polar surface area (TPSA) is 44.4 Å². The van der Waals surface area contributed by atoms with Crippen molar-refractivity contribution in [3.8, 4) is 17.0 Å². The van der Waals surface area contributed by atoms with E-state index in [-0.39, 0.29) is 0 Å². The van der Waals surface area contributed by atoms with E-state index in [9.17, 15) is 0 Å². The molecule has 0 saturated heterocycles. The van der Waals surface area contributed by atoms with Gasteiger partial charge >= 0.3 is 0 Å². The number of imidazole rings is 2. The zero-order valence-electron chi connectivity index (χ0n) is 11.8. The predicted octanol–water partition coefficient (Wildman–Crippen LogP) is 2.90. The van der Waals surface area contributed by atoms with Crippen LogP contribution in [0.1, 0.15) is 0 Å². The van der Waals surface area contributed by atoms with Gasteiger partial charge in [-0.25, -0.2) is 9.97 Å². The molecule has 0 aliphatic rings. The Morgan fingerprint density at radius 2 is 2.10 bits per heavy atom. The Morgan fingerprint density at radius 3 is 2.95 bits per heavy atom. The van der Waals surface area contributed by atoms with E-state index in [0.717, 1.165) is 33.7 Å². The van der Waals surface area contributed by atoms with Gasteiger partial charge in [-0.3, -0.25) is 0 Å². The van der Waals surface area contributed by atoms with Crippen LogP contribution < -0.4 is 4.74 Å². The highest BCUT2D eigenvalue weighted by atomic mass is 16.5. The first-order chi connectivity index (χ1) is 10.3. The van der Waals surface area contributed by atoms with Crippen LogP contribution in [0.15, 0.2) is 49.1 Å². The maximum Gasteiger partial charge on any atom is 0.180 e. The Kier molecular flexibility index (Phi) is 2.47. The fourth-order valence-corrected chi connectivity index (χ4v) is 2.58. The van der Waals surface area contributed by atoms with E-state index in [0.29, 0.717) is 0 Å². The number of hydrogen-bond acceptors (Lipinski definition) is 3. The summed E-state index contributed by atoms with van der Waals surface area (Å²) < 4.78 is 9.33. The molecule has 104 valence electrons. The fraction of sp³-hybridized carbons (Fsp3) is 0.125. The van der Waals surface area contributed by atoms with E-state index in [1.165, 1.54) is 0 Å². The number of rotatable bonds is 2. The first-order valence-electron chi connectivity index (χ1n) is 6.69. The quantitative estimate of drug-likeness (QED) is 0.566. The first-order valence-corrected chi connectivity index (χ1v) is 6.69. The standard InChI is InChI=1S/C16H14N4O/c1-19-10-17-12-8-11(5-6-14(12)19)13-9-20-7-3-4-15(21-2)16(20)18-13/h3-10H,1-2H3. The van der Waals surface area contributed by atoms with Crippen LogP contribution in [0.25, 0.3) is 27.9 Å². The molecule has 1 aromatic carbocycles. The minimum absolute atomic E-state index is 0.766. The molecule has 0 spiro atoms. The van der Waals surface area contributed by atoms with Gasteiger partial charge in [0.15, 0.2) is 11.4 Å². The van der Waals surface area contributed by atoms with E-state index >= 15 is 0 Å². The van der Waals surface area contributed by atoms with Gasteiger partial charge in [-0.15, -0.1) is 0 Å².